The molecular weight excluding hydrogens is 172 g/mol. The largest absolute Gasteiger partial charge is 0.297 e. The van der Waals surface area contributed by atoms with E-state index in [1.54, 1.807) is 0 Å². The van der Waals surface area contributed by atoms with Crippen LogP contribution in [0.1, 0.15) is 39.0 Å². The molecule has 0 radical (unpaired) electrons. The van der Waals surface area contributed by atoms with Gasteiger partial charge in [-0.15, -0.1) is 0 Å². The Kier molecular flexibility index (Phi) is 2.44. The third-order valence-electron chi connectivity index (χ3n) is 2.40. The molecule has 12 heavy (non-hydrogen) atoms. The number of piperidine rings is 1. The molecule has 2 aliphatic heterocycles. The van der Waals surface area contributed by atoms with Crippen LogP contribution in [0.3, 0.4) is 0 Å². The zero-order chi connectivity index (χ0) is 8.39. The average Bonchev–Trinajstić information content (AvgIpc) is 2.53. The van der Waals surface area contributed by atoms with Gasteiger partial charge >= 0.3 is 0 Å². The van der Waals surface area contributed by atoms with Crippen LogP contribution in [0.5, 0.6) is 0 Å². The highest BCUT2D eigenvalue weighted by molar-refractivity contribution is 7.93. The number of nitrogens with zero attached hydrogens (tertiary/aromatic N) is 2. The Morgan fingerprint density at radius 3 is 3.50 bits per heavy atom. The zero-order valence-corrected chi connectivity index (χ0v) is 8.14. The van der Waals surface area contributed by atoms with Crippen LogP contribution in [-0.4, -0.2) is 16.2 Å². The fourth-order valence-electron chi connectivity index (χ4n) is 1.81. The van der Waals surface area contributed by atoms with E-state index in [1.165, 1.54) is 37.9 Å². The van der Waals surface area contributed by atoms with Gasteiger partial charge in [0.05, 0.1) is 0 Å². The van der Waals surface area contributed by atoms with E-state index in [1.807, 2.05) is 0 Å². The predicted octanol–water partition coefficient (Wildman–Crippen LogP) is 2.55. The molecule has 0 aromatic rings. The smallest absolute Gasteiger partial charge is 0.211 e. The van der Waals surface area contributed by atoms with Gasteiger partial charge in [0.25, 0.3) is 0 Å². The minimum Gasteiger partial charge on any atom is -0.297 e. The molecule has 1 saturated heterocycles. The summed E-state index contributed by atoms with van der Waals surface area (Å²) in [5.74, 6) is 1.14. The Morgan fingerprint density at radius 2 is 2.67 bits per heavy atom. The number of fused-ring (bicyclic) bond motifs is 1. The second-order valence-electron chi connectivity index (χ2n) is 3.32. The van der Waals surface area contributed by atoms with E-state index in [4.69, 9.17) is 4.28 Å². The third kappa shape index (κ3) is 1.40. The Labute approximate surface area is 77.5 Å². The maximum absolute atomic E-state index is 5.00. The van der Waals surface area contributed by atoms with Gasteiger partial charge in [-0.2, -0.15) is 0 Å². The van der Waals surface area contributed by atoms with Crippen molar-refractivity contribution in [1.82, 2.24) is 4.31 Å². The van der Waals surface area contributed by atoms with Crippen LogP contribution in [0, 0.1) is 0 Å². The minimum absolute atomic E-state index is 0.662. The number of rotatable bonds is 2. The summed E-state index contributed by atoms with van der Waals surface area (Å²) in [6.07, 6.45) is 6.16. The Balaban J connectivity index is 2.00. The standard InChI is InChI=1S/C8H14N2OS/c1-2-4-7-5-3-6-8-9-11-12-10(7)8/h7H,2-6H2,1H3. The van der Waals surface area contributed by atoms with Gasteiger partial charge < -0.3 is 0 Å². The zero-order valence-electron chi connectivity index (χ0n) is 7.32. The fraction of sp³-hybridized carbons (Fsp3) is 0.875. The maximum Gasteiger partial charge on any atom is 0.211 e. The number of hydrogen-bond donors (Lipinski definition) is 0. The van der Waals surface area contributed by atoms with Crippen molar-refractivity contribution in [2.75, 3.05) is 0 Å². The van der Waals surface area contributed by atoms with Crippen molar-refractivity contribution in [3.8, 4) is 0 Å². The molecule has 3 nitrogen and oxygen atoms in total. The predicted molar refractivity (Wildman–Crippen MR) is 50.5 cm³/mol. The number of amidine groups is 1. The average molecular weight is 186 g/mol. The molecule has 0 aliphatic carbocycles. The van der Waals surface area contributed by atoms with E-state index in [-0.39, 0.29) is 0 Å². The van der Waals surface area contributed by atoms with Crippen molar-refractivity contribution < 1.29 is 4.28 Å². The van der Waals surface area contributed by atoms with Crippen LogP contribution < -0.4 is 0 Å². The van der Waals surface area contributed by atoms with E-state index in [0.29, 0.717) is 6.04 Å². The molecule has 1 fully saturated rings. The van der Waals surface area contributed by atoms with Gasteiger partial charge in [-0.05, 0) is 19.3 Å². The first-order valence-corrected chi connectivity index (χ1v) is 5.31. The van der Waals surface area contributed by atoms with Crippen LogP contribution >= 0.6 is 12.2 Å². The third-order valence-corrected chi connectivity index (χ3v) is 3.21. The van der Waals surface area contributed by atoms with Crippen molar-refractivity contribution in [2.45, 2.75) is 45.1 Å². The maximum atomic E-state index is 5.00. The SMILES string of the molecule is CCCC1CCCC2=NOSN21. The highest BCUT2D eigenvalue weighted by Crippen LogP contribution is 2.33. The fourth-order valence-corrected chi connectivity index (χ4v) is 2.55. The lowest BCUT2D eigenvalue weighted by atomic mass is 10.0. The normalized spacial score (nSPS) is 27.9. The van der Waals surface area contributed by atoms with Crippen molar-refractivity contribution in [3.05, 3.63) is 0 Å². The summed E-state index contributed by atoms with van der Waals surface area (Å²) in [6.45, 7) is 2.23. The molecule has 0 aromatic heterocycles. The molecule has 1 atom stereocenters. The topological polar surface area (TPSA) is 24.8 Å². The lowest BCUT2D eigenvalue weighted by Crippen LogP contribution is -2.36. The molecule has 68 valence electrons. The van der Waals surface area contributed by atoms with Crippen LogP contribution in [0.25, 0.3) is 0 Å². The summed E-state index contributed by atoms with van der Waals surface area (Å²) in [4.78, 5) is 0. The van der Waals surface area contributed by atoms with Gasteiger partial charge in [-0.25, -0.2) is 0 Å². The van der Waals surface area contributed by atoms with Crippen molar-refractivity contribution >= 4 is 18.1 Å². The highest BCUT2D eigenvalue weighted by atomic mass is 32.2. The highest BCUT2D eigenvalue weighted by Gasteiger charge is 2.31. The van der Waals surface area contributed by atoms with E-state index in [2.05, 4.69) is 16.4 Å². The summed E-state index contributed by atoms with van der Waals surface area (Å²) in [5, 5.41) is 4.00. The van der Waals surface area contributed by atoms with Crippen molar-refractivity contribution in [2.24, 2.45) is 5.16 Å². The summed E-state index contributed by atoms with van der Waals surface area (Å²) >= 11 is 1.40. The summed E-state index contributed by atoms with van der Waals surface area (Å²) in [6, 6.07) is 0.662. The molecule has 0 aromatic carbocycles. The Bertz CT molecular complexity index is 193. The first kappa shape index (κ1) is 8.23. The lowest BCUT2D eigenvalue weighted by molar-refractivity contribution is 0.370. The van der Waals surface area contributed by atoms with E-state index in [0.717, 1.165) is 12.3 Å². The van der Waals surface area contributed by atoms with Crippen LogP contribution in [0.4, 0.5) is 0 Å². The van der Waals surface area contributed by atoms with Gasteiger partial charge in [0, 0.05) is 12.5 Å². The van der Waals surface area contributed by atoms with Crippen molar-refractivity contribution in [1.29, 1.82) is 0 Å². The monoisotopic (exact) mass is 186 g/mol. The summed E-state index contributed by atoms with van der Waals surface area (Å²) in [7, 11) is 0. The Hall–Kier alpha value is -0.380. The van der Waals surface area contributed by atoms with E-state index >= 15 is 0 Å². The molecule has 2 aliphatic rings. The molecular formula is C8H14N2OS. The van der Waals surface area contributed by atoms with E-state index < -0.39 is 0 Å². The molecule has 0 spiro atoms. The summed E-state index contributed by atoms with van der Waals surface area (Å²) < 4.78 is 7.24. The molecule has 0 amide bonds. The molecule has 2 rings (SSSR count). The lowest BCUT2D eigenvalue weighted by Gasteiger charge is -2.30. The Morgan fingerprint density at radius 1 is 1.75 bits per heavy atom. The molecule has 1 unspecified atom stereocenters. The number of hydrogen-bond acceptors (Lipinski definition) is 4. The molecule has 4 heteroatoms. The van der Waals surface area contributed by atoms with Gasteiger partial charge in [0.1, 0.15) is 0 Å². The molecule has 0 saturated carbocycles. The van der Waals surface area contributed by atoms with Crippen LogP contribution in [0.15, 0.2) is 5.16 Å². The molecule has 0 bridgehead atoms. The first-order chi connectivity index (χ1) is 5.92. The molecule has 2 heterocycles. The summed E-state index contributed by atoms with van der Waals surface area (Å²) in [5.41, 5.74) is 0. The minimum atomic E-state index is 0.662. The number of oxime groups is 1. The van der Waals surface area contributed by atoms with Crippen molar-refractivity contribution in [3.63, 3.8) is 0 Å². The van der Waals surface area contributed by atoms with Gasteiger partial charge in [0.15, 0.2) is 5.84 Å². The molecule has 0 N–H and O–H groups in total. The van der Waals surface area contributed by atoms with Gasteiger partial charge in [0.2, 0.25) is 12.2 Å². The second-order valence-corrected chi connectivity index (χ2v) is 4.01. The van der Waals surface area contributed by atoms with Crippen LogP contribution in [-0.2, 0) is 4.28 Å². The first-order valence-electron chi connectivity index (χ1n) is 4.61. The van der Waals surface area contributed by atoms with E-state index in [9.17, 15) is 0 Å². The quantitative estimate of drug-likeness (QED) is 0.489. The van der Waals surface area contributed by atoms with Gasteiger partial charge in [-0.1, -0.05) is 18.5 Å². The van der Waals surface area contributed by atoms with Crippen LogP contribution in [0.2, 0.25) is 0 Å². The second kappa shape index (κ2) is 3.56. The van der Waals surface area contributed by atoms with Gasteiger partial charge in [-0.3, -0.25) is 8.59 Å².